The molecular weight excluding hydrogens is 531 g/mol. The zero-order valence-corrected chi connectivity index (χ0v) is 20.0. The van der Waals surface area contributed by atoms with Gasteiger partial charge in [0.15, 0.2) is 0 Å². The zero-order valence-electron chi connectivity index (χ0n) is 17.7. The summed E-state index contributed by atoms with van der Waals surface area (Å²) in [5, 5.41) is 4.56. The third-order valence-corrected chi connectivity index (χ3v) is 6.81. The molecule has 1 fully saturated rings. The predicted molar refractivity (Wildman–Crippen MR) is 126 cm³/mol. The number of amides is 2. The molecule has 0 spiro atoms. The Bertz CT molecular complexity index is 1370. The smallest absolute Gasteiger partial charge is 0.258 e. The topological polar surface area (TPSA) is 58.2 Å². The van der Waals surface area contributed by atoms with Gasteiger partial charge in [0.1, 0.15) is 27.6 Å². The summed E-state index contributed by atoms with van der Waals surface area (Å²) in [5.74, 6) is -6.68. The van der Waals surface area contributed by atoms with Crippen LogP contribution in [-0.2, 0) is 4.79 Å². The first kappa shape index (κ1) is 25.3. The average molecular weight is 546 g/mol. The predicted octanol–water partition coefficient (Wildman–Crippen LogP) is 6.98. The SMILES string of the molecule is Cc1cc(NC(=O)[C@H]2[C@H](c3ccc(F)c(Cl)c3)C2(Cl)Cl)cc(C(=O)Nc2ccc(F)cc2F)c1F. The number of nitrogens with one attached hydrogen (secondary N) is 2. The normalized spacial score (nSPS) is 18.2. The van der Waals surface area contributed by atoms with E-state index in [0.29, 0.717) is 11.6 Å². The summed E-state index contributed by atoms with van der Waals surface area (Å²) < 4.78 is 53.7. The first-order valence-corrected chi connectivity index (χ1v) is 11.2. The lowest BCUT2D eigenvalue weighted by atomic mass is 10.1. The number of carbonyl (C=O) groups excluding carboxylic acids is 2. The van der Waals surface area contributed by atoms with Crippen molar-refractivity contribution in [1.82, 2.24) is 0 Å². The molecule has 3 aromatic carbocycles. The lowest BCUT2D eigenvalue weighted by Gasteiger charge is -2.12. The van der Waals surface area contributed by atoms with Crippen LogP contribution >= 0.6 is 34.8 Å². The molecule has 2 amide bonds. The molecule has 35 heavy (non-hydrogen) atoms. The Morgan fingerprint density at radius 2 is 1.63 bits per heavy atom. The summed E-state index contributed by atoms with van der Waals surface area (Å²) in [4.78, 5) is 25.5. The molecule has 0 aliphatic heterocycles. The van der Waals surface area contributed by atoms with E-state index >= 15 is 0 Å². The molecule has 0 saturated heterocycles. The van der Waals surface area contributed by atoms with Gasteiger partial charge in [-0.15, -0.1) is 23.2 Å². The van der Waals surface area contributed by atoms with Gasteiger partial charge in [-0.1, -0.05) is 17.7 Å². The van der Waals surface area contributed by atoms with Gasteiger partial charge in [0.2, 0.25) is 5.91 Å². The molecule has 4 nitrogen and oxygen atoms in total. The molecule has 2 atom stereocenters. The minimum Gasteiger partial charge on any atom is -0.326 e. The lowest BCUT2D eigenvalue weighted by molar-refractivity contribution is -0.117. The number of alkyl halides is 2. The Morgan fingerprint density at radius 3 is 2.29 bits per heavy atom. The Kier molecular flexibility index (Phi) is 6.74. The maximum absolute atomic E-state index is 14.7. The second kappa shape index (κ2) is 9.33. The van der Waals surface area contributed by atoms with Crippen molar-refractivity contribution in [3.63, 3.8) is 0 Å². The van der Waals surface area contributed by atoms with E-state index < -0.39 is 56.8 Å². The molecule has 11 heteroatoms. The van der Waals surface area contributed by atoms with E-state index in [9.17, 15) is 27.2 Å². The molecule has 4 rings (SSSR count). The highest BCUT2D eigenvalue weighted by Gasteiger charge is 2.67. The molecule has 2 N–H and O–H groups in total. The summed E-state index contributed by atoms with van der Waals surface area (Å²) in [6.45, 7) is 1.37. The first-order chi connectivity index (χ1) is 16.4. The van der Waals surface area contributed by atoms with Gasteiger partial charge < -0.3 is 10.6 Å². The Morgan fingerprint density at radius 1 is 0.914 bits per heavy atom. The summed E-state index contributed by atoms with van der Waals surface area (Å²) in [5.41, 5.74) is -0.294. The van der Waals surface area contributed by atoms with Gasteiger partial charge in [-0.05, 0) is 54.4 Å². The van der Waals surface area contributed by atoms with Gasteiger partial charge in [-0.25, -0.2) is 17.6 Å². The van der Waals surface area contributed by atoms with E-state index in [1.807, 2.05) is 0 Å². The Hall–Kier alpha value is -2.81. The molecule has 3 aromatic rings. The first-order valence-electron chi connectivity index (χ1n) is 10.1. The van der Waals surface area contributed by atoms with Gasteiger partial charge in [-0.3, -0.25) is 9.59 Å². The molecule has 0 bridgehead atoms. The highest BCUT2D eigenvalue weighted by molar-refractivity contribution is 6.53. The highest BCUT2D eigenvalue weighted by atomic mass is 35.5. The van der Waals surface area contributed by atoms with E-state index in [1.165, 1.54) is 25.1 Å². The Balaban J connectivity index is 1.55. The number of rotatable bonds is 5. The average Bonchev–Trinajstić information content (AvgIpc) is 3.36. The molecule has 0 heterocycles. The fourth-order valence-corrected chi connectivity index (χ4v) is 4.80. The van der Waals surface area contributed by atoms with Crippen molar-refractivity contribution in [1.29, 1.82) is 0 Å². The van der Waals surface area contributed by atoms with Gasteiger partial charge in [0.05, 0.1) is 22.2 Å². The lowest BCUT2D eigenvalue weighted by Crippen LogP contribution is -2.19. The Labute approximate surface area is 212 Å². The highest BCUT2D eigenvalue weighted by Crippen LogP contribution is 2.65. The summed E-state index contributed by atoms with van der Waals surface area (Å²) in [6.07, 6.45) is 0. The fraction of sp³-hybridized carbons (Fsp3) is 0.167. The van der Waals surface area contributed by atoms with Crippen LogP contribution in [0.2, 0.25) is 5.02 Å². The quantitative estimate of drug-likeness (QED) is 0.268. The van der Waals surface area contributed by atoms with Crippen LogP contribution in [0, 0.1) is 36.1 Å². The van der Waals surface area contributed by atoms with E-state index in [-0.39, 0.29) is 22.0 Å². The number of anilines is 2. The van der Waals surface area contributed by atoms with Gasteiger partial charge in [0, 0.05) is 17.7 Å². The van der Waals surface area contributed by atoms with Crippen molar-refractivity contribution < 1.29 is 27.2 Å². The van der Waals surface area contributed by atoms with E-state index in [1.54, 1.807) is 0 Å². The van der Waals surface area contributed by atoms with Crippen LogP contribution in [0.3, 0.4) is 0 Å². The minimum absolute atomic E-state index is 0.0215. The summed E-state index contributed by atoms with van der Waals surface area (Å²) in [7, 11) is 0. The van der Waals surface area contributed by atoms with Gasteiger partial charge in [0.25, 0.3) is 5.91 Å². The van der Waals surface area contributed by atoms with Crippen molar-refractivity contribution in [3.05, 3.63) is 93.5 Å². The number of hydrogen-bond acceptors (Lipinski definition) is 2. The third kappa shape index (κ3) is 4.96. The second-order valence-electron chi connectivity index (χ2n) is 8.03. The minimum atomic E-state index is -1.50. The van der Waals surface area contributed by atoms with Crippen LogP contribution in [0.15, 0.2) is 48.5 Å². The molecule has 1 aliphatic rings. The van der Waals surface area contributed by atoms with Crippen LogP contribution in [0.25, 0.3) is 0 Å². The number of benzene rings is 3. The number of hydrogen-bond donors (Lipinski definition) is 2. The number of halogens is 7. The number of aryl methyl sites for hydroxylation is 1. The maximum Gasteiger partial charge on any atom is 0.258 e. The maximum atomic E-state index is 14.7. The third-order valence-electron chi connectivity index (χ3n) is 5.58. The van der Waals surface area contributed by atoms with E-state index in [0.717, 1.165) is 24.3 Å². The monoisotopic (exact) mass is 544 g/mol. The van der Waals surface area contributed by atoms with Crippen molar-refractivity contribution >= 4 is 58.0 Å². The standard InChI is InChI=1S/C24H15Cl3F4N2O2/c1-10-6-13(9-14(21(10)31)22(34)33-18-5-3-12(28)8-17(18)30)32-23(35)20-19(24(20,26)27)11-2-4-16(29)15(25)7-11/h2-9,19-20H,1H3,(H,32,35)(H,33,34)/t19-,20+/m0/s1. The molecule has 182 valence electrons. The van der Waals surface area contributed by atoms with Gasteiger partial charge in [-0.2, -0.15) is 0 Å². The van der Waals surface area contributed by atoms with Crippen molar-refractivity contribution in [3.8, 4) is 0 Å². The zero-order chi connectivity index (χ0) is 25.7. The molecule has 1 aliphatic carbocycles. The number of carbonyl (C=O) groups is 2. The van der Waals surface area contributed by atoms with Crippen LogP contribution in [0.5, 0.6) is 0 Å². The molecule has 0 aromatic heterocycles. The van der Waals surface area contributed by atoms with E-state index in [2.05, 4.69) is 10.6 Å². The fourth-order valence-electron chi connectivity index (χ4n) is 3.78. The van der Waals surface area contributed by atoms with E-state index in [4.69, 9.17) is 34.8 Å². The molecular formula is C24H15Cl3F4N2O2. The van der Waals surface area contributed by atoms with Crippen LogP contribution in [0.1, 0.15) is 27.4 Å². The van der Waals surface area contributed by atoms with Crippen LogP contribution in [0.4, 0.5) is 28.9 Å². The largest absolute Gasteiger partial charge is 0.326 e. The molecule has 0 radical (unpaired) electrons. The van der Waals surface area contributed by atoms with Crippen molar-refractivity contribution in [2.24, 2.45) is 5.92 Å². The van der Waals surface area contributed by atoms with Crippen LogP contribution in [-0.4, -0.2) is 16.1 Å². The molecule has 0 unspecified atom stereocenters. The molecule has 1 saturated carbocycles. The summed E-state index contributed by atoms with van der Waals surface area (Å²) >= 11 is 18.4. The second-order valence-corrected chi connectivity index (χ2v) is 9.88. The summed E-state index contributed by atoms with van der Waals surface area (Å²) in [6, 6.07) is 8.72. The van der Waals surface area contributed by atoms with Crippen molar-refractivity contribution in [2.45, 2.75) is 17.2 Å². The van der Waals surface area contributed by atoms with Gasteiger partial charge >= 0.3 is 0 Å². The van der Waals surface area contributed by atoms with Crippen molar-refractivity contribution in [2.75, 3.05) is 10.6 Å². The van der Waals surface area contributed by atoms with Crippen LogP contribution < -0.4 is 10.6 Å².